The van der Waals surface area contributed by atoms with Crippen LogP contribution in [-0.2, 0) is 22.4 Å². The molecule has 0 saturated carbocycles. The highest BCUT2D eigenvalue weighted by atomic mass is 16.5. The van der Waals surface area contributed by atoms with E-state index in [-0.39, 0.29) is 12.5 Å². The number of likely N-dealkylation sites (N-methyl/N-ethyl adjacent to an activating group) is 1. The van der Waals surface area contributed by atoms with Crippen LogP contribution in [0.1, 0.15) is 35.0 Å². The number of amides is 1. The van der Waals surface area contributed by atoms with Crippen molar-refractivity contribution in [1.29, 1.82) is 0 Å². The molecular weight excluding hydrogens is 304 g/mol. The van der Waals surface area contributed by atoms with Crippen LogP contribution in [0.15, 0.2) is 24.3 Å². The van der Waals surface area contributed by atoms with E-state index in [1.165, 1.54) is 4.90 Å². The zero-order chi connectivity index (χ0) is 17.3. The van der Waals surface area contributed by atoms with Crippen molar-refractivity contribution in [1.82, 2.24) is 9.88 Å². The van der Waals surface area contributed by atoms with Crippen LogP contribution in [0.5, 0.6) is 0 Å². The van der Waals surface area contributed by atoms with E-state index in [0.29, 0.717) is 11.5 Å². The second-order valence-electron chi connectivity index (χ2n) is 6.64. The number of hydrogen-bond acceptors (Lipinski definition) is 4. The van der Waals surface area contributed by atoms with E-state index in [0.717, 1.165) is 41.4 Å². The van der Waals surface area contributed by atoms with Crippen molar-refractivity contribution < 1.29 is 14.3 Å². The third-order valence-corrected chi connectivity index (χ3v) is 4.54. The fraction of sp³-hybridized carbons (Fsp3) is 0.421. The van der Waals surface area contributed by atoms with Crippen molar-refractivity contribution in [2.75, 3.05) is 20.7 Å². The van der Waals surface area contributed by atoms with Gasteiger partial charge in [-0.1, -0.05) is 25.1 Å². The number of ether oxygens (including phenoxy) is 1. The molecule has 126 valence electrons. The predicted octanol–water partition coefficient (Wildman–Crippen LogP) is 2.60. The van der Waals surface area contributed by atoms with Gasteiger partial charge in [-0.15, -0.1) is 0 Å². The zero-order valence-electron chi connectivity index (χ0n) is 14.3. The van der Waals surface area contributed by atoms with Gasteiger partial charge < -0.3 is 9.64 Å². The Labute approximate surface area is 141 Å². The molecule has 3 rings (SSSR count). The van der Waals surface area contributed by atoms with Crippen LogP contribution in [0, 0.1) is 5.92 Å². The molecule has 1 amide bonds. The zero-order valence-corrected chi connectivity index (χ0v) is 14.3. The normalized spacial score (nSPS) is 16.5. The SMILES string of the molecule is C[C@H]1CCc2nc3ccccc3c(C(=O)OCC(=O)N(C)C)c2C1. The number of para-hydroxylation sites is 1. The fourth-order valence-corrected chi connectivity index (χ4v) is 3.12. The third kappa shape index (κ3) is 3.11. The molecule has 24 heavy (non-hydrogen) atoms. The lowest BCUT2D eigenvalue weighted by Crippen LogP contribution is -2.28. The molecule has 0 fully saturated rings. The van der Waals surface area contributed by atoms with Gasteiger partial charge in [-0.3, -0.25) is 9.78 Å². The molecular formula is C19H22N2O3. The summed E-state index contributed by atoms with van der Waals surface area (Å²) < 4.78 is 5.30. The predicted molar refractivity (Wildman–Crippen MR) is 91.9 cm³/mol. The summed E-state index contributed by atoms with van der Waals surface area (Å²) in [4.78, 5) is 30.6. The smallest absolute Gasteiger partial charge is 0.339 e. The number of hydrogen-bond donors (Lipinski definition) is 0. The molecule has 0 bridgehead atoms. The Morgan fingerprint density at radius 3 is 2.79 bits per heavy atom. The number of aromatic nitrogens is 1. The molecule has 5 heteroatoms. The number of esters is 1. The quantitative estimate of drug-likeness (QED) is 0.814. The minimum atomic E-state index is -0.436. The summed E-state index contributed by atoms with van der Waals surface area (Å²) in [5.74, 6) is -0.159. The lowest BCUT2D eigenvalue weighted by atomic mass is 9.84. The van der Waals surface area contributed by atoms with Crippen molar-refractivity contribution in [3.05, 3.63) is 41.1 Å². The monoisotopic (exact) mass is 326 g/mol. The summed E-state index contributed by atoms with van der Waals surface area (Å²) in [7, 11) is 3.28. The standard InChI is InChI=1S/C19H22N2O3/c1-12-8-9-16-14(10-12)18(13-6-4-5-7-15(13)20-16)19(23)24-11-17(22)21(2)3/h4-7,12H,8-11H2,1-3H3/t12-/m0/s1. The van der Waals surface area contributed by atoms with Gasteiger partial charge in [0.1, 0.15) is 0 Å². The Hall–Kier alpha value is -2.43. The number of pyridine rings is 1. The number of aryl methyl sites for hydroxylation is 1. The van der Waals surface area contributed by atoms with E-state index in [2.05, 4.69) is 6.92 Å². The number of nitrogens with zero attached hydrogens (tertiary/aromatic N) is 2. The second kappa shape index (κ2) is 6.59. The minimum absolute atomic E-state index is 0.232. The van der Waals surface area contributed by atoms with E-state index < -0.39 is 5.97 Å². The van der Waals surface area contributed by atoms with Crippen LogP contribution in [0.2, 0.25) is 0 Å². The first-order valence-corrected chi connectivity index (χ1v) is 8.25. The van der Waals surface area contributed by atoms with E-state index in [1.807, 2.05) is 24.3 Å². The summed E-state index contributed by atoms with van der Waals surface area (Å²) in [5.41, 5.74) is 3.35. The molecule has 1 aliphatic carbocycles. The van der Waals surface area contributed by atoms with Gasteiger partial charge in [-0.05, 0) is 36.8 Å². The minimum Gasteiger partial charge on any atom is -0.452 e. The Kier molecular flexibility index (Phi) is 4.51. The first-order valence-electron chi connectivity index (χ1n) is 8.25. The van der Waals surface area contributed by atoms with Gasteiger partial charge in [0.15, 0.2) is 6.61 Å². The molecule has 1 heterocycles. The van der Waals surface area contributed by atoms with Gasteiger partial charge >= 0.3 is 5.97 Å². The average molecular weight is 326 g/mol. The molecule has 0 unspecified atom stereocenters. The average Bonchev–Trinajstić information content (AvgIpc) is 2.57. The van der Waals surface area contributed by atoms with E-state index in [4.69, 9.17) is 9.72 Å². The number of rotatable bonds is 3. The van der Waals surface area contributed by atoms with E-state index in [1.54, 1.807) is 14.1 Å². The summed E-state index contributed by atoms with van der Waals surface area (Å²) in [6.45, 7) is 1.94. The molecule has 5 nitrogen and oxygen atoms in total. The summed E-state index contributed by atoms with van der Waals surface area (Å²) in [6, 6.07) is 7.62. The van der Waals surface area contributed by atoms with Crippen molar-refractivity contribution in [3.8, 4) is 0 Å². The van der Waals surface area contributed by atoms with Crippen molar-refractivity contribution in [2.24, 2.45) is 5.92 Å². The van der Waals surface area contributed by atoms with Crippen LogP contribution in [0.4, 0.5) is 0 Å². The Morgan fingerprint density at radius 1 is 1.29 bits per heavy atom. The summed E-state index contributed by atoms with van der Waals surface area (Å²) in [6.07, 6.45) is 2.77. The van der Waals surface area contributed by atoms with Crippen LogP contribution in [-0.4, -0.2) is 42.5 Å². The number of carbonyl (C=O) groups excluding carboxylic acids is 2. The highest BCUT2D eigenvalue weighted by Crippen LogP contribution is 2.31. The summed E-state index contributed by atoms with van der Waals surface area (Å²) >= 11 is 0. The van der Waals surface area contributed by atoms with Crippen LogP contribution >= 0.6 is 0 Å². The molecule has 0 aliphatic heterocycles. The number of benzene rings is 1. The summed E-state index contributed by atoms with van der Waals surface area (Å²) in [5, 5.41) is 0.799. The fourth-order valence-electron chi connectivity index (χ4n) is 3.12. The lowest BCUT2D eigenvalue weighted by molar-refractivity contribution is -0.131. The highest BCUT2D eigenvalue weighted by molar-refractivity contribution is 6.05. The Balaban J connectivity index is 2.03. The molecule has 0 N–H and O–H groups in total. The molecule has 1 atom stereocenters. The van der Waals surface area contributed by atoms with Crippen LogP contribution < -0.4 is 0 Å². The lowest BCUT2D eigenvalue weighted by Gasteiger charge is -2.24. The van der Waals surface area contributed by atoms with Crippen molar-refractivity contribution in [3.63, 3.8) is 0 Å². The molecule has 1 aliphatic rings. The first kappa shape index (κ1) is 16.4. The van der Waals surface area contributed by atoms with Crippen molar-refractivity contribution in [2.45, 2.75) is 26.2 Å². The molecule has 2 aromatic rings. The highest BCUT2D eigenvalue weighted by Gasteiger charge is 2.26. The molecule has 1 aromatic heterocycles. The van der Waals surface area contributed by atoms with Gasteiger partial charge in [0.05, 0.1) is 11.1 Å². The first-order chi connectivity index (χ1) is 11.5. The maximum Gasteiger partial charge on any atom is 0.339 e. The van der Waals surface area contributed by atoms with Gasteiger partial charge in [0, 0.05) is 25.2 Å². The van der Waals surface area contributed by atoms with Crippen LogP contribution in [0.25, 0.3) is 10.9 Å². The van der Waals surface area contributed by atoms with Gasteiger partial charge in [-0.25, -0.2) is 4.79 Å². The third-order valence-electron chi connectivity index (χ3n) is 4.54. The molecule has 1 aromatic carbocycles. The largest absolute Gasteiger partial charge is 0.452 e. The maximum absolute atomic E-state index is 12.7. The Morgan fingerprint density at radius 2 is 2.04 bits per heavy atom. The molecule has 0 saturated heterocycles. The number of fused-ring (bicyclic) bond motifs is 2. The Bertz CT molecular complexity index is 799. The van der Waals surface area contributed by atoms with Crippen LogP contribution in [0.3, 0.4) is 0 Å². The van der Waals surface area contributed by atoms with Gasteiger partial charge in [-0.2, -0.15) is 0 Å². The van der Waals surface area contributed by atoms with Gasteiger partial charge in [0.25, 0.3) is 5.91 Å². The van der Waals surface area contributed by atoms with Crippen molar-refractivity contribution >= 4 is 22.8 Å². The topological polar surface area (TPSA) is 59.5 Å². The van der Waals surface area contributed by atoms with E-state index >= 15 is 0 Å². The van der Waals surface area contributed by atoms with E-state index in [9.17, 15) is 9.59 Å². The maximum atomic E-state index is 12.7. The molecule has 0 spiro atoms. The van der Waals surface area contributed by atoms with Gasteiger partial charge in [0.2, 0.25) is 0 Å². The number of carbonyl (C=O) groups is 2. The second-order valence-corrected chi connectivity index (χ2v) is 6.64. The molecule has 0 radical (unpaired) electrons.